The molecule has 0 heterocycles. The molecular formula is C9H17NO2S. The second kappa shape index (κ2) is 5.50. The van der Waals surface area contributed by atoms with Gasteiger partial charge in [-0.25, -0.2) is 0 Å². The van der Waals surface area contributed by atoms with Crippen molar-refractivity contribution in [3.05, 3.63) is 0 Å². The maximum absolute atomic E-state index is 10.4. The lowest BCUT2D eigenvalue weighted by Gasteiger charge is -2.18. The predicted molar refractivity (Wildman–Crippen MR) is 55.2 cm³/mol. The molecule has 13 heavy (non-hydrogen) atoms. The van der Waals surface area contributed by atoms with Gasteiger partial charge in [-0.3, -0.25) is 4.79 Å². The lowest BCUT2D eigenvalue weighted by atomic mass is 10.2. The molecule has 3 nitrogen and oxygen atoms in total. The number of carboxylic acids is 1. The van der Waals surface area contributed by atoms with Gasteiger partial charge in [-0.05, 0) is 18.6 Å². The Hall–Kier alpha value is -0.220. The second-order valence-corrected chi connectivity index (χ2v) is 4.82. The van der Waals surface area contributed by atoms with E-state index in [9.17, 15) is 4.79 Å². The van der Waals surface area contributed by atoms with E-state index in [0.717, 1.165) is 12.2 Å². The van der Waals surface area contributed by atoms with Crippen LogP contribution in [-0.4, -0.2) is 34.7 Å². The van der Waals surface area contributed by atoms with Crippen molar-refractivity contribution in [3.63, 3.8) is 0 Å². The lowest BCUT2D eigenvalue weighted by Crippen LogP contribution is -2.37. The van der Waals surface area contributed by atoms with Crippen LogP contribution < -0.4 is 5.32 Å². The first-order chi connectivity index (χ1) is 6.24. The van der Waals surface area contributed by atoms with Crippen LogP contribution in [0.2, 0.25) is 0 Å². The number of thioether (sulfide) groups is 1. The van der Waals surface area contributed by atoms with Gasteiger partial charge in [0.05, 0.1) is 6.54 Å². The highest BCUT2D eigenvalue weighted by Gasteiger charge is 2.26. The fourth-order valence-electron chi connectivity index (χ4n) is 1.79. The zero-order valence-electron chi connectivity index (χ0n) is 7.95. The Morgan fingerprint density at radius 2 is 2.38 bits per heavy atom. The largest absolute Gasteiger partial charge is 0.480 e. The third-order valence-corrected chi connectivity index (χ3v) is 3.67. The smallest absolute Gasteiger partial charge is 0.317 e. The first-order valence-electron chi connectivity index (χ1n) is 4.80. The van der Waals surface area contributed by atoms with Crippen molar-refractivity contribution in [3.8, 4) is 0 Å². The van der Waals surface area contributed by atoms with E-state index in [0.29, 0.717) is 11.3 Å². The molecule has 76 valence electrons. The molecule has 2 unspecified atom stereocenters. The van der Waals surface area contributed by atoms with Crippen LogP contribution in [-0.2, 0) is 4.79 Å². The van der Waals surface area contributed by atoms with Crippen LogP contribution >= 0.6 is 11.8 Å². The topological polar surface area (TPSA) is 49.3 Å². The Balaban J connectivity index is 2.26. The molecule has 1 aliphatic carbocycles. The number of aliphatic carboxylic acids is 1. The summed E-state index contributed by atoms with van der Waals surface area (Å²) in [6.45, 7) is 2.25. The van der Waals surface area contributed by atoms with Gasteiger partial charge >= 0.3 is 5.97 Å². The Bertz CT molecular complexity index is 175. The Morgan fingerprint density at radius 3 is 3.00 bits per heavy atom. The van der Waals surface area contributed by atoms with E-state index < -0.39 is 5.97 Å². The average molecular weight is 203 g/mol. The highest BCUT2D eigenvalue weighted by Crippen LogP contribution is 2.29. The van der Waals surface area contributed by atoms with Crippen LogP contribution in [0.5, 0.6) is 0 Å². The predicted octanol–water partition coefficient (Wildman–Crippen LogP) is 1.33. The summed E-state index contributed by atoms with van der Waals surface area (Å²) in [5.74, 6) is 0.364. The summed E-state index contributed by atoms with van der Waals surface area (Å²) in [5.41, 5.74) is 0. The van der Waals surface area contributed by atoms with Gasteiger partial charge in [0.1, 0.15) is 0 Å². The number of carbonyl (C=O) groups is 1. The maximum atomic E-state index is 10.4. The number of rotatable bonds is 5. The van der Waals surface area contributed by atoms with Gasteiger partial charge in [0.2, 0.25) is 0 Å². The van der Waals surface area contributed by atoms with E-state index in [-0.39, 0.29) is 6.54 Å². The molecule has 4 heteroatoms. The minimum absolute atomic E-state index is 0.103. The van der Waals surface area contributed by atoms with Crippen LogP contribution in [0.3, 0.4) is 0 Å². The molecule has 0 spiro atoms. The molecule has 0 aliphatic heterocycles. The highest BCUT2D eigenvalue weighted by atomic mass is 32.2. The Morgan fingerprint density at radius 1 is 1.62 bits per heavy atom. The highest BCUT2D eigenvalue weighted by molar-refractivity contribution is 7.99. The van der Waals surface area contributed by atoms with Gasteiger partial charge in [0.25, 0.3) is 0 Å². The molecule has 0 amide bonds. The lowest BCUT2D eigenvalue weighted by molar-refractivity contribution is -0.136. The average Bonchev–Trinajstić information content (AvgIpc) is 2.49. The van der Waals surface area contributed by atoms with Crippen LogP contribution in [0.15, 0.2) is 0 Å². The van der Waals surface area contributed by atoms with E-state index >= 15 is 0 Å². The molecule has 2 N–H and O–H groups in total. The van der Waals surface area contributed by atoms with E-state index in [4.69, 9.17) is 5.11 Å². The fourth-order valence-corrected chi connectivity index (χ4v) is 3.02. The summed E-state index contributed by atoms with van der Waals surface area (Å²) in [5, 5.41) is 12.2. The van der Waals surface area contributed by atoms with E-state index in [2.05, 4.69) is 12.2 Å². The summed E-state index contributed by atoms with van der Waals surface area (Å²) in [6.07, 6.45) is 3.59. The molecule has 0 aromatic heterocycles. The summed E-state index contributed by atoms with van der Waals surface area (Å²) < 4.78 is 0. The zero-order chi connectivity index (χ0) is 9.68. The van der Waals surface area contributed by atoms with Gasteiger partial charge in [-0.1, -0.05) is 13.3 Å². The first kappa shape index (κ1) is 10.9. The van der Waals surface area contributed by atoms with Gasteiger partial charge in [0.15, 0.2) is 0 Å². The van der Waals surface area contributed by atoms with Crippen molar-refractivity contribution in [2.24, 2.45) is 0 Å². The van der Waals surface area contributed by atoms with Gasteiger partial charge < -0.3 is 10.4 Å². The Labute approximate surface area is 83.3 Å². The van der Waals surface area contributed by atoms with Crippen molar-refractivity contribution in [2.45, 2.75) is 37.5 Å². The molecule has 0 bridgehead atoms. The molecule has 2 atom stereocenters. The van der Waals surface area contributed by atoms with Crippen molar-refractivity contribution in [2.75, 3.05) is 12.3 Å². The minimum Gasteiger partial charge on any atom is -0.480 e. The summed E-state index contributed by atoms with van der Waals surface area (Å²) in [7, 11) is 0. The fraction of sp³-hybridized carbons (Fsp3) is 0.889. The third kappa shape index (κ3) is 3.56. The summed E-state index contributed by atoms with van der Waals surface area (Å²) in [4.78, 5) is 10.4. The SMILES string of the molecule is CCSC1CCCC1NCC(=O)O. The molecule has 0 aromatic rings. The van der Waals surface area contributed by atoms with Gasteiger partial charge in [-0.2, -0.15) is 11.8 Å². The molecule has 0 radical (unpaired) electrons. The van der Waals surface area contributed by atoms with Crippen LogP contribution in [0.4, 0.5) is 0 Å². The van der Waals surface area contributed by atoms with Crippen LogP contribution in [0.25, 0.3) is 0 Å². The molecular weight excluding hydrogens is 186 g/mol. The van der Waals surface area contributed by atoms with Crippen molar-refractivity contribution in [1.82, 2.24) is 5.32 Å². The van der Waals surface area contributed by atoms with E-state index in [1.165, 1.54) is 12.8 Å². The summed E-state index contributed by atoms with van der Waals surface area (Å²) >= 11 is 1.94. The monoisotopic (exact) mass is 203 g/mol. The van der Waals surface area contributed by atoms with Crippen molar-refractivity contribution < 1.29 is 9.90 Å². The third-order valence-electron chi connectivity index (χ3n) is 2.35. The number of hydrogen-bond donors (Lipinski definition) is 2. The Kier molecular flexibility index (Phi) is 4.59. The van der Waals surface area contributed by atoms with E-state index in [1.807, 2.05) is 11.8 Å². The van der Waals surface area contributed by atoms with E-state index in [1.54, 1.807) is 0 Å². The first-order valence-corrected chi connectivity index (χ1v) is 5.85. The number of nitrogens with one attached hydrogen (secondary N) is 1. The summed E-state index contributed by atoms with van der Waals surface area (Å²) in [6, 6.07) is 0.418. The molecule has 1 rings (SSSR count). The molecule has 1 fully saturated rings. The quantitative estimate of drug-likeness (QED) is 0.708. The second-order valence-electron chi connectivity index (χ2n) is 3.31. The normalized spacial score (nSPS) is 27.8. The zero-order valence-corrected chi connectivity index (χ0v) is 8.77. The van der Waals surface area contributed by atoms with Gasteiger partial charge in [-0.15, -0.1) is 0 Å². The molecule has 0 saturated heterocycles. The maximum Gasteiger partial charge on any atom is 0.317 e. The van der Waals surface area contributed by atoms with Crippen molar-refractivity contribution >= 4 is 17.7 Å². The molecule has 1 saturated carbocycles. The minimum atomic E-state index is -0.757. The standard InChI is InChI=1S/C9H17NO2S/c1-2-13-8-5-3-4-7(8)10-6-9(11)12/h7-8,10H,2-6H2,1H3,(H,11,12). The number of carboxylic acid groups (broad SMARTS) is 1. The molecule has 1 aliphatic rings. The molecule has 0 aromatic carbocycles. The van der Waals surface area contributed by atoms with Gasteiger partial charge in [0, 0.05) is 11.3 Å². The van der Waals surface area contributed by atoms with Crippen molar-refractivity contribution in [1.29, 1.82) is 0 Å². The van der Waals surface area contributed by atoms with Crippen LogP contribution in [0.1, 0.15) is 26.2 Å². The number of hydrogen-bond acceptors (Lipinski definition) is 3. The van der Waals surface area contributed by atoms with Crippen LogP contribution in [0, 0.1) is 0 Å².